The minimum absolute atomic E-state index is 0.844. The van der Waals surface area contributed by atoms with Crippen molar-refractivity contribution < 1.29 is 0 Å². The molecule has 0 atom stereocenters. The molecule has 1 aliphatic rings. The van der Waals surface area contributed by atoms with E-state index in [0.29, 0.717) is 0 Å². The van der Waals surface area contributed by atoms with Crippen LogP contribution < -0.4 is 5.32 Å². The Morgan fingerprint density at radius 2 is 2.18 bits per heavy atom. The average molecular weight is 167 g/mol. The van der Waals surface area contributed by atoms with Crippen LogP contribution in [-0.4, -0.2) is 13.1 Å². The predicted molar refractivity (Wildman–Crippen MR) is 49.2 cm³/mol. The summed E-state index contributed by atoms with van der Waals surface area (Å²) >= 11 is 1.90. The van der Waals surface area contributed by atoms with E-state index in [4.69, 9.17) is 0 Å². The summed E-state index contributed by atoms with van der Waals surface area (Å²) in [6.45, 7) is 2.39. The van der Waals surface area contributed by atoms with E-state index in [-0.39, 0.29) is 0 Å². The van der Waals surface area contributed by atoms with Crippen molar-refractivity contribution in [3.8, 4) is 0 Å². The van der Waals surface area contributed by atoms with Gasteiger partial charge in [0.25, 0.3) is 0 Å². The molecule has 0 amide bonds. The zero-order chi connectivity index (χ0) is 7.52. The molecule has 60 valence electrons. The van der Waals surface area contributed by atoms with Crippen LogP contribution in [-0.2, 0) is 0 Å². The minimum atomic E-state index is 0.844. The first-order valence-electron chi connectivity index (χ1n) is 4.21. The van der Waals surface area contributed by atoms with Crippen molar-refractivity contribution in [3.63, 3.8) is 0 Å². The Morgan fingerprint density at radius 1 is 1.36 bits per heavy atom. The van der Waals surface area contributed by atoms with Crippen LogP contribution in [0.25, 0.3) is 0 Å². The molecule has 0 unspecified atom stereocenters. The lowest BCUT2D eigenvalue weighted by molar-refractivity contribution is 0.465. The molecule has 0 saturated carbocycles. The number of thiophene rings is 1. The lowest BCUT2D eigenvalue weighted by atomic mass is 9.97. The molecule has 1 nitrogen and oxygen atoms in total. The first kappa shape index (κ1) is 7.32. The van der Waals surface area contributed by atoms with Gasteiger partial charge in [0.2, 0.25) is 0 Å². The molecule has 0 radical (unpaired) electrons. The molecule has 0 spiro atoms. The van der Waals surface area contributed by atoms with E-state index < -0.39 is 0 Å². The van der Waals surface area contributed by atoms with Crippen molar-refractivity contribution in [2.24, 2.45) is 0 Å². The largest absolute Gasteiger partial charge is 0.317 e. The summed E-state index contributed by atoms with van der Waals surface area (Å²) in [6.07, 6.45) is 2.64. The minimum Gasteiger partial charge on any atom is -0.317 e. The maximum Gasteiger partial charge on any atom is 0.00771 e. The Labute approximate surface area is 71.4 Å². The van der Waals surface area contributed by atoms with Gasteiger partial charge in [0.15, 0.2) is 0 Å². The van der Waals surface area contributed by atoms with Gasteiger partial charge in [0.05, 0.1) is 0 Å². The van der Waals surface area contributed by atoms with Crippen LogP contribution in [0.5, 0.6) is 0 Å². The van der Waals surface area contributed by atoms with Crippen LogP contribution in [0.2, 0.25) is 0 Å². The highest BCUT2D eigenvalue weighted by atomic mass is 32.1. The fourth-order valence-corrected chi connectivity index (χ4v) is 2.53. The van der Waals surface area contributed by atoms with E-state index in [1.165, 1.54) is 25.9 Å². The zero-order valence-corrected chi connectivity index (χ0v) is 7.36. The van der Waals surface area contributed by atoms with E-state index in [0.717, 1.165) is 5.92 Å². The van der Waals surface area contributed by atoms with E-state index in [2.05, 4.69) is 22.8 Å². The third-order valence-corrected chi connectivity index (χ3v) is 3.32. The van der Waals surface area contributed by atoms with Crippen molar-refractivity contribution in [3.05, 3.63) is 22.4 Å². The topological polar surface area (TPSA) is 12.0 Å². The Morgan fingerprint density at radius 3 is 2.82 bits per heavy atom. The first-order chi connectivity index (χ1) is 5.47. The SMILES string of the molecule is c1csc(C2CCNCC2)c1. The van der Waals surface area contributed by atoms with Gasteiger partial charge in [-0.15, -0.1) is 11.3 Å². The second kappa shape index (κ2) is 3.37. The lowest BCUT2D eigenvalue weighted by Crippen LogP contribution is -2.26. The number of nitrogens with one attached hydrogen (secondary N) is 1. The predicted octanol–water partition coefficient (Wildman–Crippen LogP) is 2.22. The highest BCUT2D eigenvalue weighted by molar-refractivity contribution is 7.10. The Kier molecular flexibility index (Phi) is 2.24. The third-order valence-electron chi connectivity index (χ3n) is 2.28. The molecule has 2 heterocycles. The van der Waals surface area contributed by atoms with Gasteiger partial charge >= 0.3 is 0 Å². The van der Waals surface area contributed by atoms with Crippen LogP contribution in [0.1, 0.15) is 23.6 Å². The van der Waals surface area contributed by atoms with E-state index in [9.17, 15) is 0 Å². The smallest absolute Gasteiger partial charge is 0.00771 e. The molecule has 2 heteroatoms. The normalized spacial score (nSPS) is 20.4. The number of hydrogen-bond donors (Lipinski definition) is 1. The van der Waals surface area contributed by atoms with Crippen LogP contribution in [0, 0.1) is 0 Å². The second-order valence-corrected chi connectivity index (χ2v) is 4.02. The van der Waals surface area contributed by atoms with Crippen molar-refractivity contribution in [1.29, 1.82) is 0 Å². The molecular formula is C9H13NS. The molecule has 11 heavy (non-hydrogen) atoms. The molecule has 2 rings (SSSR count). The van der Waals surface area contributed by atoms with Crippen molar-refractivity contribution in [2.45, 2.75) is 18.8 Å². The first-order valence-corrected chi connectivity index (χ1v) is 5.09. The monoisotopic (exact) mass is 167 g/mol. The highest BCUT2D eigenvalue weighted by Gasteiger charge is 2.14. The standard InChI is InChI=1S/C9H13NS/c1-2-9(11-7-1)8-3-5-10-6-4-8/h1-2,7-8,10H,3-6H2. The maximum atomic E-state index is 3.38. The maximum absolute atomic E-state index is 3.38. The van der Waals surface area contributed by atoms with E-state index >= 15 is 0 Å². The number of rotatable bonds is 1. The van der Waals surface area contributed by atoms with Crippen molar-refractivity contribution >= 4 is 11.3 Å². The Bertz CT molecular complexity index is 199. The second-order valence-electron chi connectivity index (χ2n) is 3.04. The van der Waals surface area contributed by atoms with Crippen molar-refractivity contribution in [1.82, 2.24) is 5.32 Å². The van der Waals surface area contributed by atoms with Gasteiger partial charge in [-0.1, -0.05) is 6.07 Å². The van der Waals surface area contributed by atoms with Crippen LogP contribution in [0.15, 0.2) is 17.5 Å². The van der Waals surface area contributed by atoms with Gasteiger partial charge in [-0.05, 0) is 43.3 Å². The molecule has 1 saturated heterocycles. The Hall–Kier alpha value is -0.340. The molecule has 0 aromatic carbocycles. The fourth-order valence-electron chi connectivity index (χ4n) is 1.63. The van der Waals surface area contributed by atoms with Gasteiger partial charge in [0.1, 0.15) is 0 Å². The molecule has 0 bridgehead atoms. The lowest BCUT2D eigenvalue weighted by Gasteiger charge is -2.21. The average Bonchev–Trinajstić information content (AvgIpc) is 2.58. The summed E-state index contributed by atoms with van der Waals surface area (Å²) < 4.78 is 0. The van der Waals surface area contributed by atoms with Gasteiger partial charge in [-0.25, -0.2) is 0 Å². The summed E-state index contributed by atoms with van der Waals surface area (Å²) in [7, 11) is 0. The molecule has 1 aliphatic heterocycles. The summed E-state index contributed by atoms with van der Waals surface area (Å²) in [6, 6.07) is 4.42. The number of piperidine rings is 1. The van der Waals surface area contributed by atoms with Gasteiger partial charge in [0, 0.05) is 4.88 Å². The zero-order valence-electron chi connectivity index (χ0n) is 6.55. The fraction of sp³-hybridized carbons (Fsp3) is 0.556. The summed E-state index contributed by atoms with van der Waals surface area (Å²) in [4.78, 5) is 1.58. The van der Waals surface area contributed by atoms with Crippen LogP contribution in [0.4, 0.5) is 0 Å². The van der Waals surface area contributed by atoms with E-state index in [1.54, 1.807) is 4.88 Å². The summed E-state index contributed by atoms with van der Waals surface area (Å²) in [5, 5.41) is 5.56. The molecule has 0 aliphatic carbocycles. The van der Waals surface area contributed by atoms with Gasteiger partial charge in [-0.3, -0.25) is 0 Å². The van der Waals surface area contributed by atoms with Gasteiger partial charge in [-0.2, -0.15) is 0 Å². The molecular weight excluding hydrogens is 154 g/mol. The van der Waals surface area contributed by atoms with E-state index in [1.807, 2.05) is 11.3 Å². The third kappa shape index (κ3) is 1.63. The molecule has 1 aromatic heterocycles. The van der Waals surface area contributed by atoms with Crippen LogP contribution in [0.3, 0.4) is 0 Å². The quantitative estimate of drug-likeness (QED) is 0.676. The summed E-state index contributed by atoms with van der Waals surface area (Å²) in [5.74, 6) is 0.844. The summed E-state index contributed by atoms with van der Waals surface area (Å²) in [5.41, 5.74) is 0. The Balaban J connectivity index is 2.04. The molecule has 1 N–H and O–H groups in total. The molecule has 1 aromatic rings. The highest BCUT2D eigenvalue weighted by Crippen LogP contribution is 2.28. The van der Waals surface area contributed by atoms with Gasteiger partial charge < -0.3 is 5.32 Å². The molecule has 1 fully saturated rings. The van der Waals surface area contributed by atoms with Crippen molar-refractivity contribution in [2.75, 3.05) is 13.1 Å². The van der Waals surface area contributed by atoms with Crippen LogP contribution >= 0.6 is 11.3 Å². The number of hydrogen-bond acceptors (Lipinski definition) is 2.